The summed E-state index contributed by atoms with van der Waals surface area (Å²) < 4.78 is 0. The summed E-state index contributed by atoms with van der Waals surface area (Å²) in [5, 5.41) is 3.42. The van der Waals surface area contributed by atoms with Gasteiger partial charge in [-0.25, -0.2) is 14.8 Å². The lowest BCUT2D eigenvalue weighted by Gasteiger charge is -2.24. The zero-order valence-corrected chi connectivity index (χ0v) is 15.6. The van der Waals surface area contributed by atoms with Gasteiger partial charge in [0, 0.05) is 31.5 Å². The molecule has 2 aromatic rings. The van der Waals surface area contributed by atoms with Crippen LogP contribution in [0, 0.1) is 6.92 Å². The van der Waals surface area contributed by atoms with Crippen molar-refractivity contribution in [1.29, 1.82) is 0 Å². The van der Waals surface area contributed by atoms with Gasteiger partial charge in [-0.15, -0.1) is 0 Å². The van der Waals surface area contributed by atoms with Crippen LogP contribution in [0.4, 0.5) is 16.3 Å². The van der Waals surface area contributed by atoms with Gasteiger partial charge in [-0.1, -0.05) is 11.6 Å². The van der Waals surface area contributed by atoms with Crippen LogP contribution < -0.4 is 11.1 Å². The Bertz CT molecular complexity index is 800. The fourth-order valence-electron chi connectivity index (χ4n) is 2.95. The molecule has 1 aliphatic rings. The summed E-state index contributed by atoms with van der Waals surface area (Å²) in [6.07, 6.45) is 5.71. The summed E-state index contributed by atoms with van der Waals surface area (Å²) in [5.74, 6) is 1.14. The van der Waals surface area contributed by atoms with Crippen molar-refractivity contribution < 1.29 is 4.79 Å². The molecule has 0 spiro atoms. The second-order valence-corrected chi connectivity index (χ2v) is 6.83. The van der Waals surface area contributed by atoms with E-state index in [0.29, 0.717) is 42.0 Å². The lowest BCUT2D eigenvalue weighted by Crippen LogP contribution is -2.38. The molecule has 1 saturated heterocycles. The number of aromatic nitrogens is 3. The number of nitrogens with zero attached hydrogens (tertiary/aromatic N) is 5. The number of pyridine rings is 1. The van der Waals surface area contributed by atoms with E-state index < -0.39 is 0 Å². The normalized spacial score (nSPS) is 16.9. The van der Waals surface area contributed by atoms with Gasteiger partial charge in [-0.2, -0.15) is 0 Å². The molecule has 3 rings (SSSR count). The van der Waals surface area contributed by atoms with Gasteiger partial charge >= 0.3 is 6.03 Å². The van der Waals surface area contributed by atoms with Crippen molar-refractivity contribution in [2.75, 3.05) is 31.2 Å². The maximum Gasteiger partial charge on any atom is 0.321 e. The number of nitrogens with one attached hydrogen (secondary N) is 1. The number of halogens is 1. The van der Waals surface area contributed by atoms with E-state index in [1.54, 1.807) is 29.6 Å². The third kappa shape index (κ3) is 4.20. The summed E-state index contributed by atoms with van der Waals surface area (Å²) in [7, 11) is 2.00. The van der Waals surface area contributed by atoms with Gasteiger partial charge in [0.1, 0.15) is 11.6 Å². The average molecular weight is 376 g/mol. The molecule has 1 aliphatic heterocycles. The number of carbonyl (C=O) groups excluding carboxylic acids is 1. The van der Waals surface area contributed by atoms with Crippen LogP contribution in [0.2, 0.25) is 5.02 Å². The highest BCUT2D eigenvalue weighted by atomic mass is 35.5. The first-order chi connectivity index (χ1) is 12.4. The quantitative estimate of drug-likeness (QED) is 0.849. The topological polar surface area (TPSA) is 100 Å². The predicted molar refractivity (Wildman–Crippen MR) is 101 cm³/mol. The lowest BCUT2D eigenvalue weighted by atomic mass is 10.2. The van der Waals surface area contributed by atoms with E-state index in [4.69, 9.17) is 17.3 Å². The van der Waals surface area contributed by atoms with E-state index in [-0.39, 0.29) is 12.1 Å². The number of hydrogen-bond acceptors (Lipinski definition) is 6. The highest BCUT2D eigenvalue weighted by Gasteiger charge is 2.29. The first-order valence-corrected chi connectivity index (χ1v) is 8.75. The van der Waals surface area contributed by atoms with Crippen LogP contribution in [0.3, 0.4) is 0 Å². The van der Waals surface area contributed by atoms with Gasteiger partial charge in [0.15, 0.2) is 0 Å². The minimum absolute atomic E-state index is 0.145. The summed E-state index contributed by atoms with van der Waals surface area (Å²) in [4.78, 5) is 29.0. The summed E-state index contributed by atoms with van der Waals surface area (Å²) in [5.41, 5.74) is 7.14. The number of amides is 2. The van der Waals surface area contributed by atoms with Gasteiger partial charge in [-0.3, -0.25) is 9.88 Å². The van der Waals surface area contributed by atoms with Gasteiger partial charge in [-0.05, 0) is 32.0 Å². The highest BCUT2D eigenvalue weighted by Crippen LogP contribution is 2.23. The van der Waals surface area contributed by atoms with Crippen LogP contribution in [0.25, 0.3) is 0 Å². The van der Waals surface area contributed by atoms with Crippen LogP contribution in [0.1, 0.15) is 17.8 Å². The summed E-state index contributed by atoms with van der Waals surface area (Å²) >= 11 is 6.05. The number of anilines is 2. The molecule has 2 amide bonds. The molecule has 9 heteroatoms. The molecule has 0 aromatic carbocycles. The number of likely N-dealkylation sites (N-methyl/N-ethyl adjacent to an activating group) is 1. The van der Waals surface area contributed by atoms with E-state index in [1.807, 2.05) is 14.0 Å². The molecule has 1 unspecified atom stereocenters. The second kappa shape index (κ2) is 7.84. The fraction of sp³-hybridized carbons (Fsp3) is 0.412. The van der Waals surface area contributed by atoms with E-state index in [1.165, 1.54) is 0 Å². The smallest absolute Gasteiger partial charge is 0.321 e. The Kier molecular flexibility index (Phi) is 5.53. The van der Waals surface area contributed by atoms with E-state index in [2.05, 4.69) is 25.2 Å². The second-order valence-electron chi connectivity index (χ2n) is 6.43. The van der Waals surface area contributed by atoms with Crippen molar-refractivity contribution in [2.24, 2.45) is 0 Å². The van der Waals surface area contributed by atoms with E-state index >= 15 is 0 Å². The number of rotatable bonds is 4. The van der Waals surface area contributed by atoms with E-state index in [0.717, 1.165) is 12.0 Å². The molecule has 1 fully saturated rings. The maximum atomic E-state index is 12.5. The monoisotopic (exact) mass is 375 g/mol. The Morgan fingerprint density at radius 1 is 1.50 bits per heavy atom. The van der Waals surface area contributed by atoms with Crippen molar-refractivity contribution >= 4 is 29.1 Å². The van der Waals surface area contributed by atoms with E-state index in [9.17, 15) is 4.79 Å². The Morgan fingerprint density at radius 3 is 3.08 bits per heavy atom. The van der Waals surface area contributed by atoms with Crippen LogP contribution >= 0.6 is 11.6 Å². The highest BCUT2D eigenvalue weighted by molar-refractivity contribution is 6.31. The van der Waals surface area contributed by atoms with Crippen LogP contribution in [-0.4, -0.2) is 57.0 Å². The van der Waals surface area contributed by atoms with Crippen molar-refractivity contribution in [2.45, 2.75) is 25.9 Å². The maximum absolute atomic E-state index is 12.5. The van der Waals surface area contributed by atoms with Crippen LogP contribution in [0.15, 0.2) is 24.7 Å². The van der Waals surface area contributed by atoms with Gasteiger partial charge < -0.3 is 16.0 Å². The fourth-order valence-corrected chi connectivity index (χ4v) is 3.11. The van der Waals surface area contributed by atoms with Gasteiger partial charge in [0.2, 0.25) is 0 Å². The van der Waals surface area contributed by atoms with Gasteiger partial charge in [0.05, 0.1) is 23.5 Å². The zero-order valence-electron chi connectivity index (χ0n) is 14.8. The molecule has 0 radical (unpaired) electrons. The van der Waals surface area contributed by atoms with Crippen molar-refractivity contribution in [3.05, 3.63) is 41.1 Å². The number of nitrogen functional groups attached to an aromatic ring is 1. The molecule has 26 heavy (non-hydrogen) atoms. The third-order valence-electron chi connectivity index (χ3n) is 4.59. The number of likely N-dealkylation sites (tertiary alicyclic amines) is 1. The molecule has 1 atom stereocenters. The molecular weight excluding hydrogens is 354 g/mol. The standard InChI is InChI=1S/C17H22ClN7O/c1-11-13(18)7-20-8-14(11)22-17(26)25-6-4-12(9-25)24(2)10-16-21-5-3-15(19)23-16/h3,5,7-8,12H,4,6,9-10H2,1-2H3,(H,22,26)(H2,19,21,23). The third-order valence-corrected chi connectivity index (χ3v) is 4.97. The van der Waals surface area contributed by atoms with Crippen LogP contribution in [-0.2, 0) is 6.54 Å². The summed E-state index contributed by atoms with van der Waals surface area (Å²) in [6.45, 7) is 3.76. The molecule has 3 N–H and O–H groups in total. The molecule has 0 saturated carbocycles. The molecular formula is C17H22ClN7O. The molecule has 8 nitrogen and oxygen atoms in total. The van der Waals surface area contributed by atoms with Gasteiger partial charge in [0.25, 0.3) is 0 Å². The molecule has 0 aliphatic carbocycles. The number of carbonyl (C=O) groups is 1. The Hall–Kier alpha value is -2.45. The van der Waals surface area contributed by atoms with Crippen molar-refractivity contribution in [3.8, 4) is 0 Å². The minimum Gasteiger partial charge on any atom is -0.384 e. The Labute approximate surface area is 157 Å². The molecule has 2 aromatic heterocycles. The SMILES string of the molecule is Cc1c(Cl)cncc1NC(=O)N1CCC(N(C)Cc2nccc(N)n2)C1. The largest absolute Gasteiger partial charge is 0.384 e. The number of urea groups is 1. The number of nitrogens with two attached hydrogens (primary N) is 1. The van der Waals surface area contributed by atoms with Crippen molar-refractivity contribution in [3.63, 3.8) is 0 Å². The first kappa shape index (κ1) is 18.3. The average Bonchev–Trinajstić information content (AvgIpc) is 3.09. The Balaban J connectivity index is 1.57. The predicted octanol–water partition coefficient (Wildman–Crippen LogP) is 2.15. The Morgan fingerprint density at radius 2 is 2.31 bits per heavy atom. The van der Waals surface area contributed by atoms with Crippen LogP contribution in [0.5, 0.6) is 0 Å². The minimum atomic E-state index is -0.145. The molecule has 0 bridgehead atoms. The molecule has 3 heterocycles. The van der Waals surface area contributed by atoms with Crippen molar-refractivity contribution in [1.82, 2.24) is 24.8 Å². The number of hydrogen-bond donors (Lipinski definition) is 2. The lowest BCUT2D eigenvalue weighted by molar-refractivity contribution is 0.206. The first-order valence-electron chi connectivity index (χ1n) is 8.37. The molecule has 138 valence electrons. The zero-order chi connectivity index (χ0) is 18.7. The summed E-state index contributed by atoms with van der Waals surface area (Å²) in [6, 6.07) is 1.76.